The maximum atomic E-state index is 14.2. The number of thioether (sulfide) groups is 1. The minimum Gasteiger partial charge on any atom is -0.294 e. The molecule has 0 fully saturated rings. The summed E-state index contributed by atoms with van der Waals surface area (Å²) in [4.78, 5) is 25.6. The van der Waals surface area contributed by atoms with E-state index in [1.54, 1.807) is 12.1 Å². The molecule has 0 saturated carbocycles. The summed E-state index contributed by atoms with van der Waals surface area (Å²) in [5.41, 5.74) is -0.693. The Kier molecular flexibility index (Phi) is 6.46. The number of hydrogen-bond acceptors (Lipinski definition) is 3. The summed E-state index contributed by atoms with van der Waals surface area (Å²) in [5, 5.41) is 1.89. The number of urea groups is 1. The van der Waals surface area contributed by atoms with Gasteiger partial charge in [-0.15, -0.1) is 18.3 Å². The van der Waals surface area contributed by atoms with Crippen molar-refractivity contribution in [1.29, 1.82) is 0 Å². The second-order valence-electron chi connectivity index (χ2n) is 5.13. The number of halogens is 3. The van der Waals surface area contributed by atoms with Gasteiger partial charge in [0.05, 0.1) is 11.3 Å². The van der Waals surface area contributed by atoms with Gasteiger partial charge in [0.25, 0.3) is 5.91 Å². The Morgan fingerprint density at radius 2 is 1.92 bits per heavy atom. The van der Waals surface area contributed by atoms with Crippen molar-refractivity contribution in [2.24, 2.45) is 0 Å². The van der Waals surface area contributed by atoms with Gasteiger partial charge in [-0.05, 0) is 30.3 Å². The van der Waals surface area contributed by atoms with Crippen LogP contribution in [0, 0.1) is 17.5 Å². The van der Waals surface area contributed by atoms with Gasteiger partial charge < -0.3 is 0 Å². The van der Waals surface area contributed by atoms with Crippen molar-refractivity contribution in [2.75, 3.05) is 17.7 Å². The van der Waals surface area contributed by atoms with Gasteiger partial charge in [0, 0.05) is 17.7 Å². The zero-order chi connectivity index (χ0) is 19.3. The number of rotatable bonds is 5. The summed E-state index contributed by atoms with van der Waals surface area (Å²) < 4.78 is 41.0. The summed E-state index contributed by atoms with van der Waals surface area (Å²) in [6, 6.07) is 6.29. The minimum atomic E-state index is -1.37. The first-order valence-corrected chi connectivity index (χ1v) is 8.40. The van der Waals surface area contributed by atoms with Gasteiger partial charge in [-0.3, -0.25) is 15.0 Å². The maximum absolute atomic E-state index is 14.2. The standard InChI is InChI=1S/C18H15F3N2O2S/c1-3-9-26-11-7-8-15(14(20)10-11)23(2)18(25)22-17(24)12-5-4-6-13(19)16(12)21/h3-8,10H,1,9H2,2H3,(H,22,24,25). The molecule has 0 spiro atoms. The fourth-order valence-corrected chi connectivity index (χ4v) is 2.70. The summed E-state index contributed by atoms with van der Waals surface area (Å²) in [5.74, 6) is -3.77. The van der Waals surface area contributed by atoms with Crippen LogP contribution in [0.15, 0.2) is 53.9 Å². The average molecular weight is 380 g/mol. The molecule has 2 aromatic carbocycles. The van der Waals surface area contributed by atoms with Crippen molar-refractivity contribution < 1.29 is 22.8 Å². The average Bonchev–Trinajstić information content (AvgIpc) is 2.61. The fraction of sp³-hybridized carbons (Fsp3) is 0.111. The smallest absolute Gasteiger partial charge is 0.294 e. The van der Waals surface area contributed by atoms with Crippen LogP contribution in [-0.4, -0.2) is 24.7 Å². The van der Waals surface area contributed by atoms with Gasteiger partial charge in [0.1, 0.15) is 5.82 Å². The van der Waals surface area contributed by atoms with Crippen molar-refractivity contribution in [3.05, 3.63) is 72.1 Å². The van der Waals surface area contributed by atoms with Gasteiger partial charge in [-0.2, -0.15) is 0 Å². The van der Waals surface area contributed by atoms with E-state index < -0.39 is 35.0 Å². The largest absolute Gasteiger partial charge is 0.328 e. The number of nitrogens with zero attached hydrogens (tertiary/aromatic N) is 1. The predicted molar refractivity (Wildman–Crippen MR) is 94.9 cm³/mol. The maximum Gasteiger partial charge on any atom is 0.328 e. The molecule has 0 heterocycles. The Morgan fingerprint density at radius 1 is 1.19 bits per heavy atom. The first kappa shape index (κ1) is 19.6. The van der Waals surface area contributed by atoms with Gasteiger partial charge in [-0.25, -0.2) is 18.0 Å². The van der Waals surface area contributed by atoms with E-state index in [9.17, 15) is 22.8 Å². The summed E-state index contributed by atoms with van der Waals surface area (Å²) >= 11 is 1.37. The second-order valence-corrected chi connectivity index (χ2v) is 6.23. The molecule has 0 radical (unpaired) electrons. The lowest BCUT2D eigenvalue weighted by atomic mass is 10.2. The van der Waals surface area contributed by atoms with Crippen molar-refractivity contribution >= 4 is 29.4 Å². The highest BCUT2D eigenvalue weighted by molar-refractivity contribution is 7.99. The number of amides is 3. The topological polar surface area (TPSA) is 49.4 Å². The van der Waals surface area contributed by atoms with E-state index >= 15 is 0 Å². The van der Waals surface area contributed by atoms with E-state index in [0.717, 1.165) is 23.1 Å². The first-order chi connectivity index (χ1) is 12.3. The van der Waals surface area contributed by atoms with Gasteiger partial charge in [0.15, 0.2) is 11.6 Å². The Morgan fingerprint density at radius 3 is 2.58 bits per heavy atom. The molecule has 8 heteroatoms. The molecule has 136 valence electrons. The normalized spacial score (nSPS) is 10.3. The first-order valence-electron chi connectivity index (χ1n) is 7.41. The van der Waals surface area contributed by atoms with Crippen molar-refractivity contribution in [3.63, 3.8) is 0 Å². The fourth-order valence-electron chi connectivity index (χ4n) is 2.04. The van der Waals surface area contributed by atoms with E-state index in [2.05, 4.69) is 6.58 Å². The van der Waals surface area contributed by atoms with E-state index in [1.165, 1.54) is 30.9 Å². The number of benzene rings is 2. The molecule has 2 aromatic rings. The van der Waals surface area contributed by atoms with E-state index in [4.69, 9.17) is 0 Å². The molecule has 26 heavy (non-hydrogen) atoms. The van der Waals surface area contributed by atoms with Crippen LogP contribution in [0.1, 0.15) is 10.4 Å². The third-order valence-electron chi connectivity index (χ3n) is 3.37. The SMILES string of the molecule is C=CCSc1ccc(N(C)C(=O)NC(=O)c2cccc(F)c2F)c(F)c1. The minimum absolute atomic E-state index is 0.0713. The lowest BCUT2D eigenvalue weighted by Gasteiger charge is -2.18. The summed E-state index contributed by atoms with van der Waals surface area (Å²) in [6.07, 6.45) is 1.67. The van der Waals surface area contributed by atoms with Gasteiger partial charge in [-0.1, -0.05) is 12.1 Å². The van der Waals surface area contributed by atoms with Crippen LogP contribution in [0.25, 0.3) is 0 Å². The molecule has 0 aromatic heterocycles. The summed E-state index contributed by atoms with van der Waals surface area (Å²) in [6.45, 7) is 3.57. The van der Waals surface area contributed by atoms with Gasteiger partial charge in [0.2, 0.25) is 0 Å². The molecule has 3 amide bonds. The molecular formula is C18H15F3N2O2S. The van der Waals surface area contributed by atoms with Crippen LogP contribution >= 0.6 is 11.8 Å². The molecule has 2 rings (SSSR count). The number of hydrogen-bond donors (Lipinski definition) is 1. The van der Waals surface area contributed by atoms with Crippen molar-refractivity contribution in [1.82, 2.24) is 5.32 Å². The molecule has 0 unspecified atom stereocenters. The van der Waals surface area contributed by atoms with Crippen LogP contribution in [-0.2, 0) is 0 Å². The third-order valence-corrected chi connectivity index (χ3v) is 4.36. The highest BCUT2D eigenvalue weighted by Gasteiger charge is 2.21. The number of imide groups is 1. The Bertz CT molecular complexity index is 858. The van der Waals surface area contributed by atoms with Crippen LogP contribution < -0.4 is 10.2 Å². The second kappa shape index (κ2) is 8.57. The highest BCUT2D eigenvalue weighted by atomic mass is 32.2. The molecule has 1 N–H and O–H groups in total. The number of anilines is 1. The Balaban J connectivity index is 2.13. The molecule has 0 saturated heterocycles. The third kappa shape index (κ3) is 4.45. The number of nitrogens with one attached hydrogen (secondary N) is 1. The van der Waals surface area contributed by atoms with Crippen LogP contribution in [0.4, 0.5) is 23.7 Å². The zero-order valence-electron chi connectivity index (χ0n) is 13.8. The molecule has 0 aliphatic rings. The number of carbonyl (C=O) groups excluding carboxylic acids is 2. The zero-order valence-corrected chi connectivity index (χ0v) is 14.6. The number of carbonyl (C=O) groups is 2. The quantitative estimate of drug-likeness (QED) is 0.619. The van der Waals surface area contributed by atoms with E-state index in [0.29, 0.717) is 10.6 Å². The molecule has 0 atom stereocenters. The monoisotopic (exact) mass is 380 g/mol. The lowest BCUT2D eigenvalue weighted by molar-refractivity contribution is 0.0960. The van der Waals surface area contributed by atoms with Crippen LogP contribution in [0.5, 0.6) is 0 Å². The van der Waals surface area contributed by atoms with Crippen LogP contribution in [0.2, 0.25) is 0 Å². The van der Waals surface area contributed by atoms with E-state index in [1.807, 2.05) is 5.32 Å². The van der Waals surface area contributed by atoms with Crippen molar-refractivity contribution in [2.45, 2.75) is 4.90 Å². The molecule has 0 aliphatic heterocycles. The van der Waals surface area contributed by atoms with Crippen LogP contribution in [0.3, 0.4) is 0 Å². The predicted octanol–water partition coefficient (Wildman–Crippen LogP) is 4.37. The Labute approximate surface area is 152 Å². The highest BCUT2D eigenvalue weighted by Crippen LogP contribution is 2.25. The van der Waals surface area contributed by atoms with Crippen molar-refractivity contribution in [3.8, 4) is 0 Å². The lowest BCUT2D eigenvalue weighted by Crippen LogP contribution is -2.41. The van der Waals surface area contributed by atoms with E-state index in [-0.39, 0.29) is 5.69 Å². The molecule has 4 nitrogen and oxygen atoms in total. The Hall–Kier alpha value is -2.74. The molecular weight excluding hydrogens is 365 g/mol. The molecule has 0 aliphatic carbocycles. The van der Waals surface area contributed by atoms with Gasteiger partial charge >= 0.3 is 6.03 Å². The summed E-state index contributed by atoms with van der Waals surface area (Å²) in [7, 11) is 1.25. The molecule has 0 bridgehead atoms.